The number of carbonyl (C=O) groups excluding carboxylic acids is 1. The number of benzene rings is 1. The summed E-state index contributed by atoms with van der Waals surface area (Å²) < 4.78 is 1.40. The van der Waals surface area contributed by atoms with Crippen LogP contribution in [0.2, 0.25) is 0 Å². The molecule has 4 rings (SSSR count). The molecule has 0 saturated carbocycles. The van der Waals surface area contributed by atoms with Crippen molar-refractivity contribution >= 4 is 17.3 Å². The van der Waals surface area contributed by atoms with Gasteiger partial charge in [0.1, 0.15) is 0 Å². The van der Waals surface area contributed by atoms with Crippen LogP contribution in [0.5, 0.6) is 5.88 Å². The first-order chi connectivity index (χ1) is 21.8. The van der Waals surface area contributed by atoms with Crippen LogP contribution in [0.4, 0.5) is 11.4 Å². The van der Waals surface area contributed by atoms with E-state index in [9.17, 15) is 14.7 Å². The highest BCUT2D eigenvalue weighted by molar-refractivity contribution is 5.95. The van der Waals surface area contributed by atoms with E-state index in [0.717, 1.165) is 77.4 Å². The monoisotopic (exact) mass is 620 g/mol. The van der Waals surface area contributed by atoms with Gasteiger partial charge >= 0.3 is 0 Å². The molecule has 9 nitrogen and oxygen atoms in total. The third-order valence-corrected chi connectivity index (χ3v) is 9.66. The van der Waals surface area contributed by atoms with E-state index >= 15 is 0 Å². The zero-order valence-electron chi connectivity index (χ0n) is 28.4. The van der Waals surface area contributed by atoms with Gasteiger partial charge in [-0.3, -0.25) is 9.59 Å². The third-order valence-electron chi connectivity index (χ3n) is 9.66. The number of piperidine rings is 1. The van der Waals surface area contributed by atoms with Gasteiger partial charge in [0.05, 0.1) is 11.7 Å². The fraction of sp³-hybridized carbons (Fsp3) is 0.667. The summed E-state index contributed by atoms with van der Waals surface area (Å²) in [5.74, 6) is 0.993. The number of nitrogens with zero attached hydrogens (tertiary/aromatic N) is 5. The number of pyridine rings is 1. The van der Waals surface area contributed by atoms with Crippen molar-refractivity contribution in [1.82, 2.24) is 14.9 Å². The topological polar surface area (TPSA) is 112 Å². The molecule has 1 aromatic carbocycles. The molecule has 0 bridgehead atoms. The summed E-state index contributed by atoms with van der Waals surface area (Å²) in [5, 5.41) is 25.4. The predicted molar refractivity (Wildman–Crippen MR) is 183 cm³/mol. The Morgan fingerprint density at radius 3 is 2.18 bits per heavy atom. The number of rotatable bonds is 17. The average Bonchev–Trinajstić information content (AvgIpc) is 3.89. The Balaban J connectivity index is 1.63. The molecule has 9 heteroatoms. The average molecular weight is 621 g/mol. The molecule has 0 spiro atoms. The van der Waals surface area contributed by atoms with Gasteiger partial charge in [-0.15, -0.1) is 5.11 Å². The minimum absolute atomic E-state index is 0.00364. The lowest BCUT2D eigenvalue weighted by Gasteiger charge is -2.31. The molecule has 0 radical (unpaired) electrons. The fourth-order valence-electron chi connectivity index (χ4n) is 6.59. The molecule has 2 N–H and O–H groups in total. The highest BCUT2D eigenvalue weighted by Crippen LogP contribution is 2.36. The maximum Gasteiger partial charge on any atom is 0.300 e. The third kappa shape index (κ3) is 8.96. The maximum absolute atomic E-state index is 14.1. The molecule has 2 fully saturated rings. The number of hydrogen-bond acceptors (Lipinski definition) is 7. The number of nitrogens with one attached hydrogen (secondary N) is 1. The zero-order chi connectivity index (χ0) is 32.3. The Kier molecular flexibility index (Phi) is 13.0. The fourth-order valence-corrected chi connectivity index (χ4v) is 6.59. The summed E-state index contributed by atoms with van der Waals surface area (Å²) in [6.07, 6.45) is 12.1. The van der Waals surface area contributed by atoms with Gasteiger partial charge in [0.25, 0.3) is 11.5 Å². The molecule has 45 heavy (non-hydrogen) atoms. The number of unbranched alkanes of at least 4 members (excludes halogenated alkanes) is 2. The summed E-state index contributed by atoms with van der Waals surface area (Å²) >= 11 is 0. The zero-order valence-corrected chi connectivity index (χ0v) is 28.4. The van der Waals surface area contributed by atoms with E-state index in [2.05, 4.69) is 48.1 Å². The Labute approximate surface area is 270 Å². The van der Waals surface area contributed by atoms with Crippen LogP contribution in [-0.2, 0) is 0 Å². The number of hydrogen-bond donors (Lipinski definition) is 2. The second-order valence-corrected chi connectivity index (χ2v) is 13.1. The predicted octanol–water partition coefficient (Wildman–Crippen LogP) is 7.92. The molecule has 2 aliphatic rings. The largest absolute Gasteiger partial charge is 0.493 e. The number of amides is 1. The van der Waals surface area contributed by atoms with Gasteiger partial charge in [-0.25, -0.2) is 0 Å². The van der Waals surface area contributed by atoms with Crippen molar-refractivity contribution in [2.45, 2.75) is 111 Å². The first-order valence-corrected chi connectivity index (χ1v) is 17.6. The second kappa shape index (κ2) is 16.9. The van der Waals surface area contributed by atoms with Gasteiger partial charge < -0.3 is 20.3 Å². The first-order valence-electron chi connectivity index (χ1n) is 17.6. The van der Waals surface area contributed by atoms with Crippen molar-refractivity contribution in [3.05, 3.63) is 51.3 Å². The minimum atomic E-state index is -0.367. The maximum atomic E-state index is 14.1. The molecule has 2 saturated heterocycles. The summed E-state index contributed by atoms with van der Waals surface area (Å²) in [6, 6.07) is 7.31. The van der Waals surface area contributed by atoms with E-state index in [0.29, 0.717) is 47.3 Å². The van der Waals surface area contributed by atoms with E-state index in [1.807, 2.05) is 30.1 Å². The Morgan fingerprint density at radius 2 is 1.62 bits per heavy atom. The summed E-state index contributed by atoms with van der Waals surface area (Å²) in [5.41, 5.74) is 2.32. The molecule has 3 atom stereocenters. The van der Waals surface area contributed by atoms with Crippen molar-refractivity contribution < 1.29 is 9.90 Å². The molecule has 1 aromatic heterocycles. The van der Waals surface area contributed by atoms with Gasteiger partial charge in [0.15, 0.2) is 5.69 Å². The smallest absolute Gasteiger partial charge is 0.300 e. The number of aromatic nitrogens is 1. The molecule has 1 amide bonds. The minimum Gasteiger partial charge on any atom is -0.493 e. The van der Waals surface area contributed by atoms with Gasteiger partial charge in [-0.2, -0.15) is 9.79 Å². The lowest BCUT2D eigenvalue weighted by atomic mass is 9.95. The normalized spacial score (nSPS) is 17.9. The Morgan fingerprint density at radius 1 is 1.00 bits per heavy atom. The second-order valence-electron chi connectivity index (χ2n) is 13.1. The molecular weight excluding hydrogens is 564 g/mol. The Hall–Kier alpha value is -3.20. The van der Waals surface area contributed by atoms with Crippen LogP contribution in [0.15, 0.2) is 39.3 Å². The molecule has 2 aliphatic heterocycles. The van der Waals surface area contributed by atoms with Gasteiger partial charge in [-0.1, -0.05) is 72.3 Å². The van der Waals surface area contributed by atoms with Crippen molar-refractivity contribution in [3.8, 4) is 5.88 Å². The number of carbonyl (C=O) groups is 1. The first kappa shape index (κ1) is 34.7. The Bertz CT molecular complexity index is 1330. The number of azo groups is 1. The molecule has 3 unspecified atom stereocenters. The quantitative estimate of drug-likeness (QED) is 0.138. The van der Waals surface area contributed by atoms with Gasteiger partial charge in [0.2, 0.25) is 5.88 Å². The molecule has 248 valence electrons. The lowest BCUT2D eigenvalue weighted by molar-refractivity contribution is 0.0685. The molecule has 2 aromatic rings. The van der Waals surface area contributed by atoms with Crippen molar-refractivity contribution in [2.24, 2.45) is 22.1 Å². The van der Waals surface area contributed by atoms with Crippen LogP contribution in [0.3, 0.4) is 0 Å². The van der Waals surface area contributed by atoms with Crippen LogP contribution in [0, 0.1) is 18.8 Å². The summed E-state index contributed by atoms with van der Waals surface area (Å²) in [7, 11) is 0. The van der Waals surface area contributed by atoms with Crippen molar-refractivity contribution in [2.75, 3.05) is 37.7 Å². The van der Waals surface area contributed by atoms with Crippen LogP contribution in [0.25, 0.3) is 0 Å². The summed E-state index contributed by atoms with van der Waals surface area (Å²) in [6.45, 7) is 14.4. The van der Waals surface area contributed by atoms with E-state index in [4.69, 9.17) is 0 Å². The van der Waals surface area contributed by atoms with Crippen molar-refractivity contribution in [3.63, 3.8) is 0 Å². The van der Waals surface area contributed by atoms with Gasteiger partial charge in [0, 0.05) is 43.9 Å². The highest BCUT2D eigenvalue weighted by atomic mass is 16.3. The molecular formula is C36H56N6O3. The molecule has 0 aliphatic carbocycles. The van der Waals surface area contributed by atoms with Crippen LogP contribution in [0.1, 0.15) is 126 Å². The number of aromatic hydroxyl groups is 1. The SMILES string of the molecule is CCCCC(CC)CN(CC(CC)CCCC)C(=O)c1cccc(N=Nc2c(C)c(C3CN3)c(O)n(N3CCCCC3)c2=O)c1. The lowest BCUT2D eigenvalue weighted by Crippen LogP contribution is -2.45. The van der Waals surface area contributed by atoms with E-state index in [-0.39, 0.29) is 29.1 Å². The van der Waals surface area contributed by atoms with Crippen LogP contribution < -0.4 is 15.9 Å². The van der Waals surface area contributed by atoms with E-state index in [1.165, 1.54) is 17.5 Å². The van der Waals surface area contributed by atoms with Crippen LogP contribution >= 0.6 is 0 Å². The van der Waals surface area contributed by atoms with Crippen molar-refractivity contribution in [1.29, 1.82) is 0 Å². The van der Waals surface area contributed by atoms with E-state index < -0.39 is 0 Å². The summed E-state index contributed by atoms with van der Waals surface area (Å²) in [4.78, 5) is 29.9. The standard InChI is InChI=1S/C36H56N6O3/c1-6-10-16-27(8-3)24-40(25-28(9-4)17-11-7-2)34(43)29-18-15-19-30(22-29)38-39-33-26(5)32(31-23-37-31)35(44)42(36(33)45)41-20-13-12-14-21-41/h15,18-19,22,27-28,31,37,44H,6-14,16-17,20-21,23-25H2,1-5H3. The highest BCUT2D eigenvalue weighted by Gasteiger charge is 2.33. The van der Waals surface area contributed by atoms with Crippen LogP contribution in [-0.4, -0.2) is 53.3 Å². The molecule has 3 heterocycles. The van der Waals surface area contributed by atoms with E-state index in [1.54, 1.807) is 6.07 Å². The van der Waals surface area contributed by atoms with Gasteiger partial charge in [-0.05, 0) is 74.6 Å².